The monoisotopic (exact) mass is 288 g/mol. The topological polar surface area (TPSA) is 34.2 Å². The zero-order valence-electron chi connectivity index (χ0n) is 12.5. The second kappa shape index (κ2) is 7.74. The second-order valence-corrected chi connectivity index (χ2v) is 4.95. The van der Waals surface area contributed by atoms with Gasteiger partial charge in [0.25, 0.3) is 0 Å². The van der Waals surface area contributed by atoms with E-state index >= 15 is 0 Å². The van der Waals surface area contributed by atoms with E-state index in [0.717, 1.165) is 24.4 Å². The second-order valence-electron chi connectivity index (χ2n) is 4.95. The Labute approximate surface area is 125 Å². The molecule has 0 aliphatic heterocycles. The molecule has 0 fully saturated rings. The van der Waals surface area contributed by atoms with Gasteiger partial charge in [-0.05, 0) is 38.1 Å². The standard InChI is InChI=1S/C17H21FN2O/c1-3-10-19-11-16-17(9-8-13(2)20-16)21-12-14-6-4-5-7-15(14)18/h4-9,19H,3,10-12H2,1-2H3. The molecule has 2 aromatic rings. The molecule has 0 unspecified atom stereocenters. The average Bonchev–Trinajstić information content (AvgIpc) is 2.48. The lowest BCUT2D eigenvalue weighted by Gasteiger charge is -2.12. The number of ether oxygens (including phenoxy) is 1. The van der Waals surface area contributed by atoms with E-state index in [9.17, 15) is 4.39 Å². The van der Waals surface area contributed by atoms with Gasteiger partial charge in [-0.25, -0.2) is 4.39 Å². The van der Waals surface area contributed by atoms with Gasteiger partial charge >= 0.3 is 0 Å². The van der Waals surface area contributed by atoms with Gasteiger partial charge in [0, 0.05) is 17.8 Å². The SMILES string of the molecule is CCCNCc1nc(C)ccc1OCc1ccccc1F. The highest BCUT2D eigenvalue weighted by molar-refractivity contribution is 5.30. The maximum Gasteiger partial charge on any atom is 0.142 e. The van der Waals surface area contributed by atoms with E-state index in [1.54, 1.807) is 18.2 Å². The number of benzene rings is 1. The molecule has 112 valence electrons. The Balaban J connectivity index is 2.06. The highest BCUT2D eigenvalue weighted by Crippen LogP contribution is 2.19. The summed E-state index contributed by atoms with van der Waals surface area (Å²) in [5.41, 5.74) is 2.35. The van der Waals surface area contributed by atoms with Gasteiger partial charge in [-0.3, -0.25) is 4.98 Å². The summed E-state index contributed by atoms with van der Waals surface area (Å²) in [5, 5.41) is 3.31. The van der Waals surface area contributed by atoms with Crippen LogP contribution in [-0.4, -0.2) is 11.5 Å². The summed E-state index contributed by atoms with van der Waals surface area (Å²) in [6.07, 6.45) is 1.07. The number of halogens is 1. The van der Waals surface area contributed by atoms with E-state index < -0.39 is 0 Å². The summed E-state index contributed by atoms with van der Waals surface area (Å²) >= 11 is 0. The van der Waals surface area contributed by atoms with E-state index in [1.807, 2.05) is 19.1 Å². The van der Waals surface area contributed by atoms with Crippen LogP contribution in [0.15, 0.2) is 36.4 Å². The number of aromatic nitrogens is 1. The molecule has 1 heterocycles. The first kappa shape index (κ1) is 15.4. The zero-order valence-corrected chi connectivity index (χ0v) is 12.5. The molecule has 0 aliphatic rings. The van der Waals surface area contributed by atoms with Gasteiger partial charge in [-0.15, -0.1) is 0 Å². The van der Waals surface area contributed by atoms with Gasteiger partial charge in [0.05, 0.1) is 5.69 Å². The van der Waals surface area contributed by atoms with Crippen molar-refractivity contribution in [2.24, 2.45) is 0 Å². The number of pyridine rings is 1. The lowest BCUT2D eigenvalue weighted by atomic mass is 10.2. The van der Waals surface area contributed by atoms with Crippen LogP contribution in [-0.2, 0) is 13.2 Å². The summed E-state index contributed by atoms with van der Waals surface area (Å²) in [4.78, 5) is 4.50. The molecule has 1 N–H and O–H groups in total. The molecule has 1 aromatic carbocycles. The van der Waals surface area contributed by atoms with Crippen molar-refractivity contribution in [2.75, 3.05) is 6.54 Å². The highest BCUT2D eigenvalue weighted by atomic mass is 19.1. The lowest BCUT2D eigenvalue weighted by Crippen LogP contribution is -2.16. The molecule has 0 spiro atoms. The van der Waals surface area contributed by atoms with Crippen LogP contribution in [0.4, 0.5) is 4.39 Å². The van der Waals surface area contributed by atoms with Gasteiger partial charge in [0.2, 0.25) is 0 Å². The van der Waals surface area contributed by atoms with E-state index in [2.05, 4.69) is 17.2 Å². The van der Waals surface area contributed by atoms with Crippen LogP contribution in [0.25, 0.3) is 0 Å². The molecule has 0 radical (unpaired) electrons. The molecule has 0 bridgehead atoms. The van der Waals surface area contributed by atoms with Crippen LogP contribution in [0.1, 0.15) is 30.3 Å². The molecule has 0 saturated heterocycles. The number of rotatable bonds is 7. The van der Waals surface area contributed by atoms with Crippen molar-refractivity contribution in [1.82, 2.24) is 10.3 Å². The molecule has 0 aliphatic carbocycles. The predicted molar refractivity (Wildman–Crippen MR) is 81.7 cm³/mol. The van der Waals surface area contributed by atoms with E-state index in [-0.39, 0.29) is 12.4 Å². The van der Waals surface area contributed by atoms with Crippen LogP contribution in [0.2, 0.25) is 0 Å². The van der Waals surface area contributed by atoms with E-state index in [4.69, 9.17) is 4.74 Å². The first-order valence-corrected chi connectivity index (χ1v) is 7.24. The molecule has 4 heteroatoms. The van der Waals surface area contributed by atoms with Gasteiger partial charge in [0.15, 0.2) is 0 Å². The number of aryl methyl sites for hydroxylation is 1. The quantitative estimate of drug-likeness (QED) is 0.790. The van der Waals surface area contributed by atoms with Crippen molar-refractivity contribution >= 4 is 0 Å². The summed E-state index contributed by atoms with van der Waals surface area (Å²) in [6, 6.07) is 10.4. The van der Waals surface area contributed by atoms with Crippen molar-refractivity contribution in [2.45, 2.75) is 33.4 Å². The Bertz CT molecular complexity index is 587. The molecular formula is C17H21FN2O. The van der Waals surface area contributed by atoms with Crippen LogP contribution in [0, 0.1) is 12.7 Å². The molecule has 1 aromatic heterocycles. The van der Waals surface area contributed by atoms with Gasteiger partial charge in [-0.2, -0.15) is 0 Å². The Morgan fingerprint density at radius 1 is 1.19 bits per heavy atom. The molecular weight excluding hydrogens is 267 g/mol. The Hall–Kier alpha value is -1.94. The largest absolute Gasteiger partial charge is 0.487 e. The van der Waals surface area contributed by atoms with Crippen molar-refractivity contribution in [1.29, 1.82) is 0 Å². The highest BCUT2D eigenvalue weighted by Gasteiger charge is 2.08. The normalized spacial score (nSPS) is 10.6. The third-order valence-electron chi connectivity index (χ3n) is 3.13. The summed E-state index contributed by atoms with van der Waals surface area (Å²) < 4.78 is 19.3. The number of hydrogen-bond acceptors (Lipinski definition) is 3. The molecule has 21 heavy (non-hydrogen) atoms. The summed E-state index contributed by atoms with van der Waals surface area (Å²) in [5.74, 6) is 0.454. The van der Waals surface area contributed by atoms with Crippen molar-refractivity contribution < 1.29 is 9.13 Å². The maximum absolute atomic E-state index is 13.6. The van der Waals surface area contributed by atoms with Crippen LogP contribution in [0.3, 0.4) is 0 Å². The fraction of sp³-hybridized carbons (Fsp3) is 0.353. The molecule has 2 rings (SSSR count). The predicted octanol–water partition coefficient (Wildman–Crippen LogP) is 3.61. The lowest BCUT2D eigenvalue weighted by molar-refractivity contribution is 0.294. The van der Waals surface area contributed by atoms with Crippen molar-refractivity contribution in [3.05, 3.63) is 59.2 Å². The number of hydrogen-bond donors (Lipinski definition) is 1. The minimum Gasteiger partial charge on any atom is -0.487 e. The fourth-order valence-electron chi connectivity index (χ4n) is 2.01. The molecule has 0 atom stereocenters. The van der Waals surface area contributed by atoms with Crippen molar-refractivity contribution in [3.63, 3.8) is 0 Å². The number of nitrogens with zero attached hydrogens (tertiary/aromatic N) is 1. The Kier molecular flexibility index (Phi) is 5.69. The summed E-state index contributed by atoms with van der Waals surface area (Å²) in [6.45, 7) is 5.86. The average molecular weight is 288 g/mol. The number of nitrogens with one attached hydrogen (secondary N) is 1. The molecule has 3 nitrogen and oxygen atoms in total. The van der Waals surface area contributed by atoms with Crippen LogP contribution in [0.5, 0.6) is 5.75 Å². The van der Waals surface area contributed by atoms with E-state index in [0.29, 0.717) is 17.9 Å². The first-order chi connectivity index (χ1) is 10.2. The van der Waals surface area contributed by atoms with Gasteiger partial charge in [-0.1, -0.05) is 25.1 Å². The molecule has 0 saturated carbocycles. The third kappa shape index (κ3) is 4.53. The minimum absolute atomic E-state index is 0.207. The minimum atomic E-state index is -0.247. The van der Waals surface area contributed by atoms with Gasteiger partial charge in [0.1, 0.15) is 18.2 Å². The zero-order chi connectivity index (χ0) is 15.1. The molecule has 0 amide bonds. The summed E-state index contributed by atoms with van der Waals surface area (Å²) in [7, 11) is 0. The van der Waals surface area contributed by atoms with Crippen LogP contribution >= 0.6 is 0 Å². The Morgan fingerprint density at radius 3 is 2.76 bits per heavy atom. The smallest absolute Gasteiger partial charge is 0.142 e. The van der Waals surface area contributed by atoms with Gasteiger partial charge < -0.3 is 10.1 Å². The van der Waals surface area contributed by atoms with Crippen LogP contribution < -0.4 is 10.1 Å². The third-order valence-corrected chi connectivity index (χ3v) is 3.13. The fourth-order valence-corrected chi connectivity index (χ4v) is 2.01. The maximum atomic E-state index is 13.6. The first-order valence-electron chi connectivity index (χ1n) is 7.24. The Morgan fingerprint density at radius 2 is 2.00 bits per heavy atom. The van der Waals surface area contributed by atoms with E-state index in [1.165, 1.54) is 6.07 Å². The van der Waals surface area contributed by atoms with Crippen molar-refractivity contribution in [3.8, 4) is 5.75 Å².